The Balaban J connectivity index is 1.39. The molecule has 180 valence electrons. The molecule has 1 saturated carbocycles. The van der Waals surface area contributed by atoms with E-state index in [2.05, 4.69) is 54.6 Å². The third-order valence-corrected chi connectivity index (χ3v) is 6.05. The molecule has 0 unspecified atom stereocenters. The smallest absolute Gasteiger partial charge is 0.0540 e. The Morgan fingerprint density at radius 3 is 0.972 bits per heavy atom. The Kier molecular flexibility index (Phi) is 9.95. The second kappa shape index (κ2) is 14.3. The van der Waals surface area contributed by atoms with E-state index in [-0.39, 0.29) is 18.1 Å². The van der Waals surface area contributed by atoms with E-state index in [1.807, 2.05) is 91.5 Å². The maximum atomic E-state index is 4.85. The zero-order valence-electron chi connectivity index (χ0n) is 20.6. The van der Waals surface area contributed by atoms with Crippen LogP contribution in [0.1, 0.15) is 36.0 Å². The van der Waals surface area contributed by atoms with Crippen molar-refractivity contribution in [2.75, 3.05) is 0 Å². The van der Waals surface area contributed by atoms with Gasteiger partial charge in [0.25, 0.3) is 0 Å². The first-order valence-corrected chi connectivity index (χ1v) is 12.6. The first-order chi connectivity index (χ1) is 17.8. The van der Waals surface area contributed by atoms with Gasteiger partial charge in [-0.05, 0) is 54.2 Å². The van der Waals surface area contributed by atoms with Crippen LogP contribution in [0.4, 0.5) is 0 Å². The molecular formula is C33H33N3. The van der Waals surface area contributed by atoms with Crippen molar-refractivity contribution in [1.82, 2.24) is 0 Å². The molecule has 3 heteroatoms. The van der Waals surface area contributed by atoms with Gasteiger partial charge in [-0.25, -0.2) is 0 Å². The molecule has 1 aliphatic rings. The molecular weight excluding hydrogens is 438 g/mol. The van der Waals surface area contributed by atoms with Gasteiger partial charge in [-0.15, -0.1) is 0 Å². The minimum absolute atomic E-state index is 0.208. The Morgan fingerprint density at radius 1 is 0.417 bits per heavy atom. The highest BCUT2D eigenvalue weighted by Crippen LogP contribution is 2.26. The number of nitrogens with zero attached hydrogens (tertiary/aromatic N) is 3. The zero-order valence-corrected chi connectivity index (χ0v) is 20.6. The predicted molar refractivity (Wildman–Crippen MR) is 157 cm³/mol. The number of benzene rings is 3. The molecule has 0 aromatic heterocycles. The molecule has 0 saturated heterocycles. The summed E-state index contributed by atoms with van der Waals surface area (Å²) in [6.45, 7) is 0. The molecule has 0 radical (unpaired) electrons. The standard InChI is InChI=1S/C33H33N3/c1-4-13-28(14-5-1)19-10-22-34-31-25-32(35-23-11-20-29-15-6-2-7-16-29)27-33(26-31)36-24-12-21-30-17-8-3-9-18-30/h1-24,31-33H,25-27H2. The van der Waals surface area contributed by atoms with Crippen molar-refractivity contribution in [3.63, 3.8) is 0 Å². The highest BCUT2D eigenvalue weighted by atomic mass is 14.9. The van der Waals surface area contributed by atoms with Crippen LogP contribution >= 0.6 is 0 Å². The van der Waals surface area contributed by atoms with Crippen LogP contribution in [0, 0.1) is 0 Å². The molecule has 0 aliphatic heterocycles. The highest BCUT2D eigenvalue weighted by molar-refractivity contribution is 5.79. The molecule has 1 fully saturated rings. The molecule has 36 heavy (non-hydrogen) atoms. The fourth-order valence-electron chi connectivity index (χ4n) is 4.27. The van der Waals surface area contributed by atoms with Crippen LogP contribution in [0.2, 0.25) is 0 Å². The van der Waals surface area contributed by atoms with Crippen molar-refractivity contribution in [3.05, 3.63) is 126 Å². The maximum Gasteiger partial charge on any atom is 0.0540 e. The average Bonchev–Trinajstić information content (AvgIpc) is 2.93. The van der Waals surface area contributed by atoms with Crippen molar-refractivity contribution >= 4 is 36.9 Å². The molecule has 4 rings (SSSR count). The summed E-state index contributed by atoms with van der Waals surface area (Å²) in [5.41, 5.74) is 3.52. The minimum Gasteiger partial charge on any atom is -0.290 e. The number of aliphatic imine (C=N–C) groups is 3. The van der Waals surface area contributed by atoms with E-state index in [0.29, 0.717) is 0 Å². The maximum absolute atomic E-state index is 4.85. The van der Waals surface area contributed by atoms with Gasteiger partial charge in [0.05, 0.1) is 18.1 Å². The van der Waals surface area contributed by atoms with Gasteiger partial charge in [0.15, 0.2) is 0 Å². The lowest BCUT2D eigenvalue weighted by molar-refractivity contribution is 0.358. The Hall–Kier alpha value is -4.11. The summed E-state index contributed by atoms with van der Waals surface area (Å²) in [5, 5.41) is 0. The van der Waals surface area contributed by atoms with Crippen molar-refractivity contribution in [1.29, 1.82) is 0 Å². The second-order valence-electron chi connectivity index (χ2n) is 8.87. The van der Waals surface area contributed by atoms with Gasteiger partial charge < -0.3 is 0 Å². The first-order valence-electron chi connectivity index (χ1n) is 12.6. The van der Waals surface area contributed by atoms with E-state index < -0.39 is 0 Å². The van der Waals surface area contributed by atoms with E-state index in [1.54, 1.807) is 0 Å². The lowest BCUT2D eigenvalue weighted by Crippen LogP contribution is -2.30. The third-order valence-electron chi connectivity index (χ3n) is 6.05. The lowest BCUT2D eigenvalue weighted by Gasteiger charge is -2.28. The largest absolute Gasteiger partial charge is 0.290 e. The van der Waals surface area contributed by atoms with E-state index in [0.717, 1.165) is 19.3 Å². The molecule has 0 spiro atoms. The van der Waals surface area contributed by atoms with Crippen LogP contribution in [0.3, 0.4) is 0 Å². The normalized spacial score (nSPS) is 21.2. The minimum atomic E-state index is 0.208. The van der Waals surface area contributed by atoms with Crippen LogP contribution in [0.25, 0.3) is 18.2 Å². The van der Waals surface area contributed by atoms with Gasteiger partial charge in [-0.2, -0.15) is 0 Å². The SMILES string of the molecule is C(=Cc1ccccc1)C=NC1CC(N=CC=Cc2ccccc2)CC(N=CC=Cc2ccccc2)C1. The van der Waals surface area contributed by atoms with Crippen molar-refractivity contribution in [2.24, 2.45) is 15.0 Å². The summed E-state index contributed by atoms with van der Waals surface area (Å²) in [6.07, 6.45) is 20.9. The number of hydrogen-bond donors (Lipinski definition) is 0. The molecule has 3 nitrogen and oxygen atoms in total. The average molecular weight is 472 g/mol. The van der Waals surface area contributed by atoms with Gasteiger partial charge in [-0.3, -0.25) is 15.0 Å². The highest BCUT2D eigenvalue weighted by Gasteiger charge is 2.27. The molecule has 0 bridgehead atoms. The van der Waals surface area contributed by atoms with E-state index in [9.17, 15) is 0 Å². The van der Waals surface area contributed by atoms with Gasteiger partial charge in [0, 0.05) is 18.6 Å². The van der Waals surface area contributed by atoms with Crippen molar-refractivity contribution in [2.45, 2.75) is 37.4 Å². The summed E-state index contributed by atoms with van der Waals surface area (Å²) in [5.74, 6) is 0. The Bertz CT molecular complexity index is 1040. The molecule has 0 amide bonds. The van der Waals surface area contributed by atoms with Gasteiger partial charge in [0.1, 0.15) is 0 Å². The topological polar surface area (TPSA) is 37.1 Å². The number of hydrogen-bond acceptors (Lipinski definition) is 3. The second-order valence-corrected chi connectivity index (χ2v) is 8.87. The molecule has 1 aliphatic carbocycles. The summed E-state index contributed by atoms with van der Waals surface area (Å²) in [6, 6.07) is 31.5. The van der Waals surface area contributed by atoms with Crippen LogP contribution in [0.5, 0.6) is 0 Å². The Labute approximate surface area is 215 Å². The predicted octanol–water partition coefficient (Wildman–Crippen LogP) is 7.63. The van der Waals surface area contributed by atoms with Gasteiger partial charge in [-0.1, -0.05) is 109 Å². The van der Waals surface area contributed by atoms with Crippen LogP contribution < -0.4 is 0 Å². The van der Waals surface area contributed by atoms with Crippen LogP contribution in [0.15, 0.2) is 124 Å². The van der Waals surface area contributed by atoms with Crippen LogP contribution in [-0.2, 0) is 0 Å². The molecule has 0 atom stereocenters. The summed E-state index contributed by atoms with van der Waals surface area (Å²) in [4.78, 5) is 14.6. The van der Waals surface area contributed by atoms with E-state index in [1.165, 1.54) is 16.7 Å². The third kappa shape index (κ3) is 8.92. The fourth-order valence-corrected chi connectivity index (χ4v) is 4.27. The van der Waals surface area contributed by atoms with Crippen LogP contribution in [-0.4, -0.2) is 36.8 Å². The van der Waals surface area contributed by atoms with Gasteiger partial charge >= 0.3 is 0 Å². The number of rotatable bonds is 9. The van der Waals surface area contributed by atoms with E-state index >= 15 is 0 Å². The molecule has 3 aromatic rings. The van der Waals surface area contributed by atoms with Crippen molar-refractivity contribution in [3.8, 4) is 0 Å². The number of allylic oxidation sites excluding steroid dienone is 3. The summed E-state index contributed by atoms with van der Waals surface area (Å²) >= 11 is 0. The first kappa shape index (κ1) is 25.0. The fraction of sp³-hybridized carbons (Fsp3) is 0.182. The summed E-state index contributed by atoms with van der Waals surface area (Å²) < 4.78 is 0. The van der Waals surface area contributed by atoms with E-state index in [4.69, 9.17) is 15.0 Å². The van der Waals surface area contributed by atoms with Gasteiger partial charge in [0.2, 0.25) is 0 Å². The molecule has 0 N–H and O–H groups in total. The monoisotopic (exact) mass is 471 g/mol. The summed E-state index contributed by atoms with van der Waals surface area (Å²) in [7, 11) is 0. The van der Waals surface area contributed by atoms with Crippen molar-refractivity contribution < 1.29 is 0 Å². The lowest BCUT2D eigenvalue weighted by atomic mass is 9.88. The zero-order chi connectivity index (χ0) is 24.7. The quantitative estimate of drug-likeness (QED) is 0.288. The Morgan fingerprint density at radius 2 is 0.694 bits per heavy atom. The molecule has 0 heterocycles. The molecule has 3 aromatic carbocycles.